The van der Waals surface area contributed by atoms with Gasteiger partial charge >= 0.3 is 0 Å². The highest BCUT2D eigenvalue weighted by Gasteiger charge is 2.20. The van der Waals surface area contributed by atoms with Crippen LogP contribution in [-0.4, -0.2) is 30.5 Å². The Balaban J connectivity index is 1.75. The normalized spacial score (nSPS) is 12.2. The number of nitrogens with one attached hydrogen (secondary N) is 1. The lowest BCUT2D eigenvalue weighted by molar-refractivity contribution is -0.115. The van der Waals surface area contributed by atoms with Crippen molar-refractivity contribution in [3.8, 4) is 5.69 Å². The summed E-state index contributed by atoms with van der Waals surface area (Å²) in [5.41, 5.74) is 4.76. The molecule has 1 unspecified atom stereocenters. The fraction of sp³-hybridized carbons (Fsp3) is 0.316. The van der Waals surface area contributed by atoms with E-state index in [4.69, 9.17) is 0 Å². The van der Waals surface area contributed by atoms with Gasteiger partial charge in [0.2, 0.25) is 5.91 Å². The Labute approximate surface area is 157 Å². The standard InChI is InChI=1S/C19H23N5OS/c1-12-7-6-8-16(11-12)24-10-9-20-19(24)26-15(4)18(25)21-17-13(2)22-23(5)14(17)3/h6-11,15H,1-5H3,(H,21,25). The fourth-order valence-electron chi connectivity index (χ4n) is 2.74. The molecule has 1 atom stereocenters. The minimum absolute atomic E-state index is 0.0620. The van der Waals surface area contributed by atoms with Gasteiger partial charge in [-0.15, -0.1) is 0 Å². The molecule has 0 spiro atoms. The number of anilines is 1. The van der Waals surface area contributed by atoms with Crippen LogP contribution in [0.25, 0.3) is 5.69 Å². The Kier molecular flexibility index (Phi) is 5.18. The second-order valence-electron chi connectivity index (χ2n) is 6.34. The zero-order chi connectivity index (χ0) is 18.8. The molecule has 6 nitrogen and oxygen atoms in total. The van der Waals surface area contributed by atoms with E-state index in [-0.39, 0.29) is 11.2 Å². The van der Waals surface area contributed by atoms with Crippen molar-refractivity contribution in [2.24, 2.45) is 7.05 Å². The van der Waals surface area contributed by atoms with Crippen LogP contribution in [0.15, 0.2) is 41.8 Å². The van der Waals surface area contributed by atoms with Crippen LogP contribution in [0.4, 0.5) is 5.69 Å². The predicted molar refractivity (Wildman–Crippen MR) is 105 cm³/mol. The first-order valence-corrected chi connectivity index (χ1v) is 9.33. The maximum absolute atomic E-state index is 12.6. The molecular weight excluding hydrogens is 346 g/mol. The number of aromatic nitrogens is 4. The van der Waals surface area contributed by atoms with Crippen molar-refractivity contribution >= 4 is 23.4 Å². The molecule has 7 heteroatoms. The van der Waals surface area contributed by atoms with Gasteiger partial charge in [0.1, 0.15) is 0 Å². The number of benzene rings is 1. The number of hydrogen-bond donors (Lipinski definition) is 1. The second kappa shape index (κ2) is 7.37. The number of imidazole rings is 1. The van der Waals surface area contributed by atoms with Gasteiger partial charge in [-0.25, -0.2) is 4.98 Å². The molecule has 0 bridgehead atoms. The van der Waals surface area contributed by atoms with Crippen LogP contribution in [0.5, 0.6) is 0 Å². The zero-order valence-corrected chi connectivity index (χ0v) is 16.5. The predicted octanol–water partition coefficient (Wildman–Crippen LogP) is 3.65. The molecule has 0 radical (unpaired) electrons. The van der Waals surface area contributed by atoms with E-state index in [0.717, 1.165) is 27.9 Å². The third-order valence-corrected chi connectivity index (χ3v) is 5.38. The van der Waals surface area contributed by atoms with Gasteiger partial charge in [0, 0.05) is 25.1 Å². The van der Waals surface area contributed by atoms with E-state index in [1.54, 1.807) is 10.9 Å². The van der Waals surface area contributed by atoms with E-state index < -0.39 is 0 Å². The fourth-order valence-corrected chi connectivity index (χ4v) is 3.63. The topological polar surface area (TPSA) is 64.7 Å². The molecule has 2 heterocycles. The lowest BCUT2D eigenvalue weighted by atomic mass is 10.2. The zero-order valence-electron chi connectivity index (χ0n) is 15.6. The minimum Gasteiger partial charge on any atom is -0.322 e. The van der Waals surface area contributed by atoms with Gasteiger partial charge in [-0.2, -0.15) is 5.10 Å². The Bertz CT molecular complexity index is 943. The van der Waals surface area contributed by atoms with Crippen LogP contribution in [0.3, 0.4) is 0 Å². The molecule has 0 aliphatic carbocycles. The van der Waals surface area contributed by atoms with Gasteiger partial charge in [0.05, 0.1) is 22.3 Å². The summed E-state index contributed by atoms with van der Waals surface area (Å²) >= 11 is 1.44. The third-order valence-electron chi connectivity index (χ3n) is 4.30. The molecule has 1 aromatic carbocycles. The van der Waals surface area contributed by atoms with E-state index in [2.05, 4.69) is 34.5 Å². The number of thioether (sulfide) groups is 1. The number of nitrogens with zero attached hydrogens (tertiary/aromatic N) is 4. The van der Waals surface area contributed by atoms with Crippen LogP contribution < -0.4 is 5.32 Å². The monoisotopic (exact) mass is 369 g/mol. The molecule has 1 N–H and O–H groups in total. The quantitative estimate of drug-likeness (QED) is 0.697. The molecule has 0 aliphatic heterocycles. The highest BCUT2D eigenvalue weighted by atomic mass is 32.2. The van der Waals surface area contributed by atoms with Crippen molar-refractivity contribution in [1.29, 1.82) is 0 Å². The Morgan fingerprint density at radius 2 is 2.04 bits per heavy atom. The maximum Gasteiger partial charge on any atom is 0.237 e. The summed E-state index contributed by atoms with van der Waals surface area (Å²) in [5.74, 6) is -0.0620. The number of carbonyl (C=O) groups is 1. The van der Waals surface area contributed by atoms with Gasteiger partial charge in [-0.1, -0.05) is 23.9 Å². The first-order valence-electron chi connectivity index (χ1n) is 8.45. The van der Waals surface area contributed by atoms with Gasteiger partial charge < -0.3 is 5.32 Å². The third kappa shape index (κ3) is 3.67. The van der Waals surface area contributed by atoms with E-state index >= 15 is 0 Å². The number of rotatable bonds is 5. The minimum atomic E-state index is -0.292. The molecule has 3 aromatic rings. The lowest BCUT2D eigenvalue weighted by Crippen LogP contribution is -2.23. The van der Waals surface area contributed by atoms with E-state index in [1.165, 1.54) is 17.3 Å². The van der Waals surface area contributed by atoms with Crippen molar-refractivity contribution in [2.75, 3.05) is 5.32 Å². The van der Waals surface area contributed by atoms with Crippen LogP contribution in [0.1, 0.15) is 23.9 Å². The van der Waals surface area contributed by atoms with Crippen LogP contribution in [0.2, 0.25) is 0 Å². The van der Waals surface area contributed by atoms with Crippen LogP contribution in [0, 0.1) is 20.8 Å². The molecule has 0 saturated heterocycles. The SMILES string of the molecule is Cc1cccc(-n2ccnc2SC(C)C(=O)Nc2c(C)nn(C)c2C)c1. The first-order chi connectivity index (χ1) is 12.4. The van der Waals surface area contributed by atoms with Crippen molar-refractivity contribution in [3.63, 3.8) is 0 Å². The number of carbonyl (C=O) groups excluding carboxylic acids is 1. The average molecular weight is 369 g/mol. The summed E-state index contributed by atoms with van der Waals surface area (Å²) < 4.78 is 3.77. The van der Waals surface area contributed by atoms with Crippen molar-refractivity contribution < 1.29 is 4.79 Å². The average Bonchev–Trinajstić information content (AvgIpc) is 3.15. The van der Waals surface area contributed by atoms with E-state index in [9.17, 15) is 4.79 Å². The summed E-state index contributed by atoms with van der Waals surface area (Å²) in [5, 5.41) is 7.84. The molecule has 1 amide bonds. The van der Waals surface area contributed by atoms with Gasteiger partial charge in [0.15, 0.2) is 5.16 Å². The summed E-state index contributed by atoms with van der Waals surface area (Å²) in [4.78, 5) is 17.1. The molecule has 26 heavy (non-hydrogen) atoms. The van der Waals surface area contributed by atoms with Gasteiger partial charge in [0.25, 0.3) is 0 Å². The number of hydrogen-bond acceptors (Lipinski definition) is 4. The van der Waals surface area contributed by atoms with Crippen molar-refractivity contribution in [2.45, 2.75) is 38.1 Å². The largest absolute Gasteiger partial charge is 0.322 e. The van der Waals surface area contributed by atoms with Gasteiger partial charge in [-0.05, 0) is 45.4 Å². The summed E-state index contributed by atoms with van der Waals surface area (Å²) in [7, 11) is 1.87. The number of amides is 1. The highest BCUT2D eigenvalue weighted by Crippen LogP contribution is 2.27. The van der Waals surface area contributed by atoms with Crippen molar-refractivity contribution in [1.82, 2.24) is 19.3 Å². The molecule has 0 saturated carbocycles. The number of aryl methyl sites for hydroxylation is 3. The Hall–Kier alpha value is -2.54. The molecule has 3 rings (SSSR count). The van der Waals surface area contributed by atoms with Crippen molar-refractivity contribution in [3.05, 3.63) is 53.6 Å². The lowest BCUT2D eigenvalue weighted by Gasteiger charge is -2.13. The smallest absolute Gasteiger partial charge is 0.237 e. The first kappa shape index (κ1) is 18.3. The Morgan fingerprint density at radius 3 is 2.69 bits per heavy atom. The second-order valence-corrected chi connectivity index (χ2v) is 7.65. The van der Waals surface area contributed by atoms with E-state index in [0.29, 0.717) is 0 Å². The summed E-state index contributed by atoms with van der Waals surface area (Å²) in [6.45, 7) is 7.78. The molecule has 0 fully saturated rings. The van der Waals surface area contributed by atoms with Crippen LogP contribution in [-0.2, 0) is 11.8 Å². The maximum atomic E-state index is 12.6. The Morgan fingerprint density at radius 1 is 1.27 bits per heavy atom. The summed E-state index contributed by atoms with van der Waals surface area (Å²) in [6.07, 6.45) is 3.67. The highest BCUT2D eigenvalue weighted by molar-refractivity contribution is 8.00. The summed E-state index contributed by atoms with van der Waals surface area (Å²) in [6, 6.07) is 8.20. The molecule has 0 aliphatic rings. The van der Waals surface area contributed by atoms with Gasteiger partial charge in [-0.3, -0.25) is 14.0 Å². The molecule has 2 aromatic heterocycles. The van der Waals surface area contributed by atoms with Crippen LogP contribution >= 0.6 is 11.8 Å². The molecular formula is C19H23N5OS. The molecule has 136 valence electrons. The van der Waals surface area contributed by atoms with E-state index in [1.807, 2.05) is 50.7 Å².